The number of furan rings is 1. The third-order valence-electron chi connectivity index (χ3n) is 2.39. The summed E-state index contributed by atoms with van der Waals surface area (Å²) in [6.07, 6.45) is 1.01. The SMILES string of the molecule is Cc1cc(COCCC(C)C)oc1C(=O)NN. The average Bonchev–Trinajstić information content (AvgIpc) is 2.65. The summed E-state index contributed by atoms with van der Waals surface area (Å²) in [5.74, 6) is 6.13. The number of rotatable bonds is 6. The second kappa shape index (κ2) is 6.42. The van der Waals surface area contributed by atoms with E-state index in [0.29, 0.717) is 24.9 Å². The molecule has 0 aromatic carbocycles. The number of amides is 1. The highest BCUT2D eigenvalue weighted by molar-refractivity contribution is 5.92. The lowest BCUT2D eigenvalue weighted by molar-refractivity contribution is 0.0874. The van der Waals surface area contributed by atoms with Crippen LogP contribution in [-0.4, -0.2) is 12.5 Å². The molecule has 0 spiro atoms. The highest BCUT2D eigenvalue weighted by Crippen LogP contribution is 2.15. The highest BCUT2D eigenvalue weighted by atomic mass is 16.5. The molecule has 0 radical (unpaired) electrons. The number of nitrogens with two attached hydrogens (primary N) is 1. The smallest absolute Gasteiger partial charge is 0.301 e. The fraction of sp³-hybridized carbons (Fsp3) is 0.583. The molecule has 0 aliphatic rings. The van der Waals surface area contributed by atoms with Gasteiger partial charge >= 0.3 is 5.91 Å². The number of hydrogen-bond donors (Lipinski definition) is 2. The molecule has 0 saturated carbocycles. The van der Waals surface area contributed by atoms with Gasteiger partial charge < -0.3 is 9.15 Å². The third kappa shape index (κ3) is 4.20. The second-order valence-electron chi connectivity index (χ2n) is 4.43. The van der Waals surface area contributed by atoms with E-state index in [1.807, 2.05) is 5.43 Å². The molecule has 0 bridgehead atoms. The van der Waals surface area contributed by atoms with Crippen LogP contribution in [0.2, 0.25) is 0 Å². The summed E-state index contributed by atoms with van der Waals surface area (Å²) in [4.78, 5) is 11.3. The van der Waals surface area contributed by atoms with Crippen molar-refractivity contribution in [3.8, 4) is 0 Å². The zero-order valence-electron chi connectivity index (χ0n) is 10.6. The molecular formula is C12H20N2O3. The summed E-state index contributed by atoms with van der Waals surface area (Å²) < 4.78 is 10.8. The van der Waals surface area contributed by atoms with Crippen LogP contribution >= 0.6 is 0 Å². The van der Waals surface area contributed by atoms with Crippen molar-refractivity contribution in [2.45, 2.75) is 33.8 Å². The topological polar surface area (TPSA) is 77.5 Å². The minimum Gasteiger partial charge on any atom is -0.453 e. The van der Waals surface area contributed by atoms with Gasteiger partial charge in [0.1, 0.15) is 12.4 Å². The number of nitrogens with one attached hydrogen (secondary N) is 1. The van der Waals surface area contributed by atoms with Crippen molar-refractivity contribution in [1.82, 2.24) is 5.43 Å². The van der Waals surface area contributed by atoms with Crippen LogP contribution in [0.15, 0.2) is 10.5 Å². The minimum atomic E-state index is -0.420. The second-order valence-corrected chi connectivity index (χ2v) is 4.43. The Labute approximate surface area is 101 Å². The molecule has 0 aliphatic carbocycles. The predicted molar refractivity (Wildman–Crippen MR) is 64.2 cm³/mol. The summed E-state index contributed by atoms with van der Waals surface area (Å²) in [5.41, 5.74) is 2.80. The van der Waals surface area contributed by atoms with Gasteiger partial charge in [-0.3, -0.25) is 10.2 Å². The number of carbonyl (C=O) groups excluding carboxylic acids is 1. The van der Waals surface area contributed by atoms with Crippen molar-refractivity contribution in [2.75, 3.05) is 6.61 Å². The van der Waals surface area contributed by atoms with Gasteiger partial charge in [-0.15, -0.1) is 0 Å². The Bertz CT molecular complexity index is 372. The van der Waals surface area contributed by atoms with E-state index in [9.17, 15) is 4.79 Å². The number of hydrazine groups is 1. The molecule has 1 heterocycles. The van der Waals surface area contributed by atoms with Gasteiger partial charge in [0.05, 0.1) is 0 Å². The molecule has 5 heteroatoms. The summed E-state index contributed by atoms with van der Waals surface area (Å²) >= 11 is 0. The van der Waals surface area contributed by atoms with Crippen molar-refractivity contribution in [2.24, 2.45) is 11.8 Å². The molecule has 5 nitrogen and oxygen atoms in total. The van der Waals surface area contributed by atoms with E-state index in [2.05, 4.69) is 13.8 Å². The fourth-order valence-electron chi connectivity index (χ4n) is 1.40. The first-order valence-electron chi connectivity index (χ1n) is 5.72. The maximum Gasteiger partial charge on any atom is 0.301 e. The average molecular weight is 240 g/mol. The molecule has 1 aromatic heterocycles. The lowest BCUT2D eigenvalue weighted by atomic mass is 10.1. The predicted octanol–water partition coefficient (Wildman–Crippen LogP) is 1.75. The maximum absolute atomic E-state index is 11.3. The van der Waals surface area contributed by atoms with E-state index in [1.54, 1.807) is 13.0 Å². The molecule has 0 unspecified atom stereocenters. The van der Waals surface area contributed by atoms with Gasteiger partial charge in [0.25, 0.3) is 0 Å². The van der Waals surface area contributed by atoms with Crippen molar-refractivity contribution in [3.05, 3.63) is 23.2 Å². The van der Waals surface area contributed by atoms with E-state index in [-0.39, 0.29) is 5.76 Å². The summed E-state index contributed by atoms with van der Waals surface area (Å²) in [5, 5.41) is 0. The first-order valence-corrected chi connectivity index (χ1v) is 5.72. The number of nitrogen functional groups attached to an aromatic ring is 1. The molecule has 1 aromatic rings. The van der Waals surface area contributed by atoms with Crippen LogP contribution in [0, 0.1) is 12.8 Å². The molecule has 17 heavy (non-hydrogen) atoms. The Morgan fingerprint density at radius 2 is 2.29 bits per heavy atom. The molecule has 0 saturated heterocycles. The standard InChI is InChI=1S/C12H20N2O3/c1-8(2)4-5-16-7-10-6-9(3)11(17-10)12(15)14-13/h6,8H,4-5,7,13H2,1-3H3,(H,14,15). The lowest BCUT2D eigenvalue weighted by Crippen LogP contribution is -2.30. The first kappa shape index (κ1) is 13.7. The quantitative estimate of drug-likeness (QED) is 0.344. The molecule has 1 rings (SSSR count). The van der Waals surface area contributed by atoms with Gasteiger partial charge in [0.15, 0.2) is 5.76 Å². The van der Waals surface area contributed by atoms with Crippen LogP contribution in [0.1, 0.15) is 42.1 Å². The normalized spacial score (nSPS) is 10.9. The van der Waals surface area contributed by atoms with Crippen LogP contribution in [0.5, 0.6) is 0 Å². The molecular weight excluding hydrogens is 220 g/mol. The molecule has 3 N–H and O–H groups in total. The Kier molecular flexibility index (Phi) is 5.18. The van der Waals surface area contributed by atoms with Gasteiger partial charge in [-0.25, -0.2) is 5.84 Å². The van der Waals surface area contributed by atoms with E-state index in [1.165, 1.54) is 0 Å². The van der Waals surface area contributed by atoms with Gasteiger partial charge in [0.2, 0.25) is 0 Å². The van der Waals surface area contributed by atoms with Gasteiger partial charge in [-0.05, 0) is 25.3 Å². The summed E-state index contributed by atoms with van der Waals surface area (Å²) in [6.45, 7) is 7.15. The van der Waals surface area contributed by atoms with E-state index in [0.717, 1.165) is 12.0 Å². The van der Waals surface area contributed by atoms with Crippen molar-refractivity contribution in [1.29, 1.82) is 0 Å². The number of carbonyl (C=O) groups is 1. The number of aryl methyl sites for hydroxylation is 1. The van der Waals surface area contributed by atoms with Crippen LogP contribution in [0.3, 0.4) is 0 Å². The third-order valence-corrected chi connectivity index (χ3v) is 2.39. The first-order chi connectivity index (χ1) is 8.04. The van der Waals surface area contributed by atoms with Crippen molar-refractivity contribution in [3.63, 3.8) is 0 Å². The van der Waals surface area contributed by atoms with E-state index in [4.69, 9.17) is 15.0 Å². The summed E-state index contributed by atoms with van der Waals surface area (Å²) in [6, 6.07) is 1.79. The number of ether oxygens (including phenoxy) is 1. The van der Waals surface area contributed by atoms with E-state index >= 15 is 0 Å². The van der Waals surface area contributed by atoms with Gasteiger partial charge in [-0.1, -0.05) is 13.8 Å². The Hall–Kier alpha value is -1.33. The largest absolute Gasteiger partial charge is 0.453 e. The minimum absolute atomic E-state index is 0.245. The number of hydrogen-bond acceptors (Lipinski definition) is 4. The molecule has 0 fully saturated rings. The molecule has 0 aliphatic heterocycles. The molecule has 96 valence electrons. The fourth-order valence-corrected chi connectivity index (χ4v) is 1.40. The van der Waals surface area contributed by atoms with Crippen LogP contribution in [0.4, 0.5) is 0 Å². The van der Waals surface area contributed by atoms with Gasteiger partial charge in [0, 0.05) is 12.2 Å². The lowest BCUT2D eigenvalue weighted by Gasteiger charge is -2.04. The van der Waals surface area contributed by atoms with E-state index < -0.39 is 5.91 Å². The van der Waals surface area contributed by atoms with Gasteiger partial charge in [-0.2, -0.15) is 0 Å². The van der Waals surface area contributed by atoms with Crippen molar-refractivity contribution < 1.29 is 13.9 Å². The van der Waals surface area contributed by atoms with Crippen LogP contribution in [-0.2, 0) is 11.3 Å². The zero-order chi connectivity index (χ0) is 12.8. The maximum atomic E-state index is 11.3. The van der Waals surface area contributed by atoms with Crippen LogP contribution in [0.25, 0.3) is 0 Å². The Balaban J connectivity index is 2.47. The van der Waals surface area contributed by atoms with Crippen LogP contribution < -0.4 is 11.3 Å². The highest BCUT2D eigenvalue weighted by Gasteiger charge is 2.14. The Morgan fingerprint density at radius 3 is 2.88 bits per heavy atom. The zero-order valence-corrected chi connectivity index (χ0v) is 10.6. The molecule has 0 atom stereocenters. The summed E-state index contributed by atoms with van der Waals surface area (Å²) in [7, 11) is 0. The Morgan fingerprint density at radius 1 is 1.59 bits per heavy atom. The van der Waals surface area contributed by atoms with Crippen molar-refractivity contribution >= 4 is 5.91 Å². The molecule has 1 amide bonds. The monoisotopic (exact) mass is 240 g/mol.